The van der Waals surface area contributed by atoms with E-state index in [0.717, 1.165) is 24.8 Å². The number of ether oxygens (including phenoxy) is 1. The molecular formula is C17H26O3. The van der Waals surface area contributed by atoms with Crippen LogP contribution in [0, 0.1) is 22.7 Å². The van der Waals surface area contributed by atoms with Gasteiger partial charge < -0.3 is 9.84 Å². The van der Waals surface area contributed by atoms with E-state index in [9.17, 15) is 9.90 Å². The van der Waals surface area contributed by atoms with Crippen molar-refractivity contribution in [1.29, 1.82) is 0 Å². The molecule has 112 valence electrons. The van der Waals surface area contributed by atoms with E-state index in [1.165, 1.54) is 12.5 Å². The van der Waals surface area contributed by atoms with Crippen LogP contribution in [0.1, 0.15) is 53.9 Å². The first-order valence-corrected chi connectivity index (χ1v) is 7.80. The van der Waals surface area contributed by atoms with Gasteiger partial charge in [-0.15, -0.1) is 0 Å². The van der Waals surface area contributed by atoms with Crippen LogP contribution in [0.5, 0.6) is 0 Å². The first-order valence-electron chi connectivity index (χ1n) is 7.80. The Morgan fingerprint density at radius 3 is 2.60 bits per heavy atom. The minimum absolute atomic E-state index is 0.0134. The molecule has 2 bridgehead atoms. The van der Waals surface area contributed by atoms with Crippen LogP contribution >= 0.6 is 0 Å². The maximum absolute atomic E-state index is 11.5. The van der Waals surface area contributed by atoms with Gasteiger partial charge in [0.15, 0.2) is 0 Å². The number of fused-ring (bicyclic) bond motifs is 1. The molecule has 0 aromatic rings. The van der Waals surface area contributed by atoms with E-state index in [1.54, 1.807) is 0 Å². The predicted octanol–water partition coefficient (Wildman–Crippen LogP) is 3.07. The maximum atomic E-state index is 11.5. The van der Waals surface area contributed by atoms with Gasteiger partial charge in [-0.25, -0.2) is 0 Å². The minimum atomic E-state index is -0.371. The smallest absolute Gasteiger partial charge is 0.303 e. The number of aliphatic hydroxyl groups excluding tert-OH is 1. The number of hydrogen-bond acceptors (Lipinski definition) is 3. The predicted molar refractivity (Wildman–Crippen MR) is 77.0 cm³/mol. The van der Waals surface area contributed by atoms with Gasteiger partial charge in [-0.3, -0.25) is 4.79 Å². The summed E-state index contributed by atoms with van der Waals surface area (Å²) in [6.45, 7) is 10.4. The van der Waals surface area contributed by atoms with Crippen molar-refractivity contribution < 1.29 is 14.6 Å². The third-order valence-corrected chi connectivity index (χ3v) is 6.69. The highest BCUT2D eigenvalue weighted by molar-refractivity contribution is 5.67. The Morgan fingerprint density at radius 1 is 1.35 bits per heavy atom. The van der Waals surface area contributed by atoms with Crippen LogP contribution in [0.2, 0.25) is 0 Å². The first kappa shape index (κ1) is 14.1. The molecule has 3 aliphatic carbocycles. The Labute approximate surface area is 121 Å². The molecule has 3 nitrogen and oxygen atoms in total. The average Bonchev–Trinajstić information content (AvgIpc) is 2.62. The van der Waals surface area contributed by atoms with Crippen molar-refractivity contribution in [2.75, 3.05) is 0 Å². The van der Waals surface area contributed by atoms with E-state index >= 15 is 0 Å². The molecule has 0 aromatic carbocycles. The summed E-state index contributed by atoms with van der Waals surface area (Å²) in [6, 6.07) is 0. The molecule has 0 radical (unpaired) electrons. The van der Waals surface area contributed by atoms with Crippen LogP contribution in [0.15, 0.2) is 11.1 Å². The van der Waals surface area contributed by atoms with Crippen molar-refractivity contribution in [2.45, 2.75) is 66.1 Å². The average molecular weight is 278 g/mol. The molecule has 0 aliphatic heterocycles. The lowest BCUT2D eigenvalue weighted by molar-refractivity contribution is -0.148. The van der Waals surface area contributed by atoms with Gasteiger partial charge in [0, 0.05) is 18.3 Å². The summed E-state index contributed by atoms with van der Waals surface area (Å²) in [5.41, 5.74) is 2.40. The Kier molecular flexibility index (Phi) is 2.89. The van der Waals surface area contributed by atoms with Crippen LogP contribution in [-0.2, 0) is 9.53 Å². The largest absolute Gasteiger partial charge is 0.458 e. The van der Waals surface area contributed by atoms with Crippen LogP contribution < -0.4 is 0 Å². The molecule has 2 fully saturated rings. The molecule has 1 spiro atoms. The van der Waals surface area contributed by atoms with Crippen molar-refractivity contribution in [3.63, 3.8) is 0 Å². The molecule has 3 aliphatic rings. The van der Waals surface area contributed by atoms with Crippen molar-refractivity contribution in [1.82, 2.24) is 0 Å². The van der Waals surface area contributed by atoms with Gasteiger partial charge in [-0.2, -0.15) is 0 Å². The number of carbonyl (C=O) groups excluding carboxylic acids is 1. The quantitative estimate of drug-likeness (QED) is 0.592. The second-order valence-corrected chi connectivity index (χ2v) is 7.62. The lowest BCUT2D eigenvalue weighted by Gasteiger charge is -2.51. The topological polar surface area (TPSA) is 46.5 Å². The molecule has 0 aromatic heterocycles. The van der Waals surface area contributed by atoms with E-state index in [2.05, 4.69) is 20.8 Å². The Hall–Kier alpha value is -0.830. The van der Waals surface area contributed by atoms with E-state index in [-0.39, 0.29) is 29.0 Å². The summed E-state index contributed by atoms with van der Waals surface area (Å²) >= 11 is 0. The molecule has 0 amide bonds. The zero-order chi connectivity index (χ0) is 14.9. The van der Waals surface area contributed by atoms with Crippen LogP contribution in [0.4, 0.5) is 0 Å². The summed E-state index contributed by atoms with van der Waals surface area (Å²) in [5.74, 6) is 0.722. The van der Waals surface area contributed by atoms with Crippen molar-refractivity contribution >= 4 is 5.97 Å². The molecule has 3 heteroatoms. The summed E-state index contributed by atoms with van der Waals surface area (Å²) < 4.78 is 5.73. The molecule has 20 heavy (non-hydrogen) atoms. The van der Waals surface area contributed by atoms with Gasteiger partial charge in [0.25, 0.3) is 0 Å². The normalized spacial score (nSPS) is 45.5. The van der Waals surface area contributed by atoms with Gasteiger partial charge in [-0.1, -0.05) is 20.8 Å². The summed E-state index contributed by atoms with van der Waals surface area (Å²) in [5, 5.41) is 10.4. The van der Waals surface area contributed by atoms with Crippen molar-refractivity contribution in [3.8, 4) is 0 Å². The van der Waals surface area contributed by atoms with Gasteiger partial charge in [-0.05, 0) is 48.7 Å². The summed E-state index contributed by atoms with van der Waals surface area (Å²) in [4.78, 5) is 11.5. The molecule has 3 rings (SSSR count). The zero-order valence-corrected chi connectivity index (χ0v) is 13.2. The molecule has 0 unspecified atom stereocenters. The SMILES string of the molecule is CC(=O)O[C@@H]1C2=C(C)[C@@H](O)C[C@]23[C@H](C)CC[C@H]1C3(C)C. The lowest BCUT2D eigenvalue weighted by atomic mass is 9.53. The maximum Gasteiger partial charge on any atom is 0.303 e. The van der Waals surface area contributed by atoms with Crippen LogP contribution in [0.3, 0.4) is 0 Å². The number of rotatable bonds is 1. The Morgan fingerprint density at radius 2 is 2.00 bits per heavy atom. The second-order valence-electron chi connectivity index (χ2n) is 7.62. The van der Waals surface area contributed by atoms with Gasteiger partial charge in [0.2, 0.25) is 0 Å². The number of esters is 1. The third-order valence-electron chi connectivity index (χ3n) is 6.69. The zero-order valence-electron chi connectivity index (χ0n) is 13.2. The van der Waals surface area contributed by atoms with Crippen LogP contribution in [0.25, 0.3) is 0 Å². The van der Waals surface area contributed by atoms with Crippen LogP contribution in [-0.4, -0.2) is 23.3 Å². The van der Waals surface area contributed by atoms with E-state index in [4.69, 9.17) is 4.74 Å². The fourth-order valence-corrected chi connectivity index (χ4v) is 5.71. The van der Waals surface area contributed by atoms with Gasteiger partial charge in [0.05, 0.1) is 6.10 Å². The first-order chi connectivity index (χ1) is 9.23. The van der Waals surface area contributed by atoms with Gasteiger partial charge in [0.1, 0.15) is 6.10 Å². The van der Waals surface area contributed by atoms with Crippen molar-refractivity contribution in [2.24, 2.45) is 22.7 Å². The number of carbonyl (C=O) groups is 1. The third kappa shape index (κ3) is 1.42. The molecule has 0 saturated heterocycles. The monoisotopic (exact) mass is 278 g/mol. The van der Waals surface area contributed by atoms with E-state index < -0.39 is 0 Å². The van der Waals surface area contributed by atoms with E-state index in [0.29, 0.717) is 11.8 Å². The fourth-order valence-electron chi connectivity index (χ4n) is 5.71. The number of aliphatic hydroxyl groups is 1. The lowest BCUT2D eigenvalue weighted by Crippen LogP contribution is -2.46. The second kappa shape index (κ2) is 4.09. The summed E-state index contributed by atoms with van der Waals surface area (Å²) in [6.07, 6.45) is 2.58. The summed E-state index contributed by atoms with van der Waals surface area (Å²) in [7, 11) is 0. The standard InChI is InChI=1S/C17H26O3/c1-9-6-7-12-15(20-11(3)18)14-10(2)13(19)8-17(9,14)16(12,4)5/h9,12-13,15,19H,6-8H2,1-5H3/t9-,12-,13+,15+,17+/m1/s1. The van der Waals surface area contributed by atoms with Crippen molar-refractivity contribution in [3.05, 3.63) is 11.1 Å². The van der Waals surface area contributed by atoms with E-state index in [1.807, 2.05) is 6.92 Å². The molecule has 2 saturated carbocycles. The minimum Gasteiger partial charge on any atom is -0.458 e. The fraction of sp³-hybridized carbons (Fsp3) is 0.824. The highest BCUT2D eigenvalue weighted by Crippen LogP contribution is 2.73. The van der Waals surface area contributed by atoms with Gasteiger partial charge >= 0.3 is 5.97 Å². The molecule has 0 heterocycles. The number of hydrogen-bond donors (Lipinski definition) is 1. The Balaban J connectivity index is 2.19. The molecule has 1 N–H and O–H groups in total. The highest BCUT2D eigenvalue weighted by Gasteiger charge is 2.69. The Bertz CT molecular complexity index is 490. The molecular weight excluding hydrogens is 252 g/mol. The highest BCUT2D eigenvalue weighted by atomic mass is 16.5. The molecule has 5 atom stereocenters.